The van der Waals surface area contributed by atoms with E-state index in [1.54, 1.807) is 0 Å². The fourth-order valence-electron chi connectivity index (χ4n) is 1.59. The number of hydrazone groups is 1. The first-order chi connectivity index (χ1) is 10.4. The molecule has 0 spiro atoms. The van der Waals surface area contributed by atoms with Crippen LogP contribution in [0.5, 0.6) is 5.75 Å². The highest BCUT2D eigenvalue weighted by Gasteiger charge is 2.17. The molecular formula is C13H8ClF2N3O3. The summed E-state index contributed by atoms with van der Waals surface area (Å²) >= 11 is 5.71. The monoisotopic (exact) mass is 327 g/mol. The molecule has 0 heterocycles. The molecule has 22 heavy (non-hydrogen) atoms. The minimum Gasteiger partial charge on any atom is -0.502 e. The van der Waals surface area contributed by atoms with Gasteiger partial charge in [0.2, 0.25) is 5.75 Å². The van der Waals surface area contributed by atoms with Crippen LogP contribution in [0.1, 0.15) is 5.56 Å². The standard InChI is InChI=1S/C13H8ClF2N3O3/c14-8-3-7(13(20)12(4-8)19(21)22)6-17-18-11-2-1-9(15)5-10(11)16/h1-6,18,20H. The smallest absolute Gasteiger partial charge is 0.312 e. The summed E-state index contributed by atoms with van der Waals surface area (Å²) in [6.07, 6.45) is 1.02. The van der Waals surface area contributed by atoms with E-state index in [9.17, 15) is 24.0 Å². The number of benzene rings is 2. The Kier molecular flexibility index (Phi) is 4.52. The summed E-state index contributed by atoms with van der Waals surface area (Å²) in [6.45, 7) is 0. The Hall–Kier alpha value is -2.74. The topological polar surface area (TPSA) is 87.8 Å². The molecule has 2 N–H and O–H groups in total. The molecule has 2 rings (SSSR count). The predicted molar refractivity (Wildman–Crippen MR) is 77.3 cm³/mol. The molecule has 2 aromatic carbocycles. The van der Waals surface area contributed by atoms with Gasteiger partial charge in [-0.1, -0.05) is 11.6 Å². The molecule has 0 radical (unpaired) electrons. The predicted octanol–water partition coefficient (Wildman–Crippen LogP) is 3.68. The molecular weight excluding hydrogens is 320 g/mol. The summed E-state index contributed by atoms with van der Waals surface area (Å²) in [4.78, 5) is 9.94. The van der Waals surface area contributed by atoms with E-state index in [1.807, 2.05) is 0 Å². The summed E-state index contributed by atoms with van der Waals surface area (Å²) in [7, 11) is 0. The van der Waals surface area contributed by atoms with Crippen molar-refractivity contribution in [3.63, 3.8) is 0 Å². The molecule has 6 nitrogen and oxygen atoms in total. The van der Waals surface area contributed by atoms with Crippen molar-refractivity contribution in [2.45, 2.75) is 0 Å². The summed E-state index contributed by atoms with van der Waals surface area (Å²) in [5.41, 5.74) is 1.57. The number of hydrogen-bond acceptors (Lipinski definition) is 5. The number of phenols is 1. The summed E-state index contributed by atoms with van der Waals surface area (Å²) in [6, 6.07) is 5.06. The SMILES string of the molecule is O=[N+]([O-])c1cc(Cl)cc(C=NNc2ccc(F)cc2F)c1O. The molecule has 0 bridgehead atoms. The van der Waals surface area contributed by atoms with Gasteiger partial charge in [-0.05, 0) is 18.2 Å². The second-order valence-corrected chi connectivity index (χ2v) is 4.55. The Morgan fingerprint density at radius 2 is 2.05 bits per heavy atom. The average molecular weight is 328 g/mol. The average Bonchev–Trinajstić information content (AvgIpc) is 2.44. The maximum Gasteiger partial charge on any atom is 0.312 e. The molecule has 114 valence electrons. The van der Waals surface area contributed by atoms with Crippen LogP contribution < -0.4 is 5.43 Å². The van der Waals surface area contributed by atoms with E-state index in [0.717, 1.165) is 24.4 Å². The van der Waals surface area contributed by atoms with Gasteiger partial charge in [-0.15, -0.1) is 0 Å². The third kappa shape index (κ3) is 3.47. The number of hydrogen-bond donors (Lipinski definition) is 2. The minimum absolute atomic E-state index is 0.0268. The molecule has 0 fully saturated rings. The van der Waals surface area contributed by atoms with Gasteiger partial charge in [0.05, 0.1) is 16.8 Å². The molecule has 0 aromatic heterocycles. The molecule has 0 unspecified atom stereocenters. The van der Waals surface area contributed by atoms with Crippen LogP contribution >= 0.6 is 11.6 Å². The lowest BCUT2D eigenvalue weighted by Crippen LogP contribution is -1.96. The van der Waals surface area contributed by atoms with Crippen LogP contribution in [0.2, 0.25) is 5.02 Å². The van der Waals surface area contributed by atoms with Crippen molar-refractivity contribution in [1.82, 2.24) is 0 Å². The Labute approximate surface area is 127 Å². The van der Waals surface area contributed by atoms with Crippen molar-refractivity contribution < 1.29 is 18.8 Å². The zero-order valence-corrected chi connectivity index (χ0v) is 11.5. The second-order valence-electron chi connectivity index (χ2n) is 4.11. The Balaban J connectivity index is 2.25. The Morgan fingerprint density at radius 3 is 2.68 bits per heavy atom. The van der Waals surface area contributed by atoms with Crippen LogP contribution in [0, 0.1) is 21.7 Å². The highest BCUT2D eigenvalue weighted by Crippen LogP contribution is 2.32. The van der Waals surface area contributed by atoms with Gasteiger partial charge in [-0.25, -0.2) is 8.78 Å². The number of aromatic hydroxyl groups is 1. The van der Waals surface area contributed by atoms with Gasteiger partial charge in [0, 0.05) is 22.7 Å². The molecule has 0 saturated carbocycles. The number of anilines is 1. The molecule has 0 amide bonds. The number of nitrogens with one attached hydrogen (secondary N) is 1. The van der Waals surface area contributed by atoms with Gasteiger partial charge in [0.25, 0.3) is 0 Å². The molecule has 0 aliphatic rings. The maximum absolute atomic E-state index is 13.4. The number of halogens is 3. The summed E-state index contributed by atoms with van der Waals surface area (Å²) < 4.78 is 26.1. The van der Waals surface area contributed by atoms with Crippen LogP contribution in [0.3, 0.4) is 0 Å². The van der Waals surface area contributed by atoms with E-state index in [4.69, 9.17) is 11.6 Å². The third-order valence-corrected chi connectivity index (χ3v) is 2.82. The molecule has 0 aliphatic heterocycles. The van der Waals surface area contributed by atoms with Crippen molar-refractivity contribution in [2.24, 2.45) is 5.10 Å². The highest BCUT2D eigenvalue weighted by molar-refractivity contribution is 6.31. The van der Waals surface area contributed by atoms with Crippen LogP contribution in [-0.2, 0) is 0 Å². The number of nitro benzene ring substituents is 1. The Morgan fingerprint density at radius 1 is 1.32 bits per heavy atom. The molecule has 9 heteroatoms. The zero-order chi connectivity index (χ0) is 16.3. The second kappa shape index (κ2) is 6.35. The van der Waals surface area contributed by atoms with Crippen molar-refractivity contribution in [3.05, 3.63) is 62.7 Å². The fraction of sp³-hybridized carbons (Fsp3) is 0. The van der Waals surface area contributed by atoms with Crippen molar-refractivity contribution >= 4 is 29.2 Å². The van der Waals surface area contributed by atoms with E-state index in [2.05, 4.69) is 10.5 Å². The van der Waals surface area contributed by atoms with E-state index in [-0.39, 0.29) is 16.3 Å². The van der Waals surface area contributed by atoms with Gasteiger partial charge in [0.15, 0.2) is 5.82 Å². The quantitative estimate of drug-likeness (QED) is 0.509. The van der Waals surface area contributed by atoms with E-state index < -0.39 is 28.0 Å². The van der Waals surface area contributed by atoms with E-state index in [1.165, 1.54) is 6.07 Å². The number of phenolic OH excluding ortho intramolecular Hbond substituents is 1. The number of nitro groups is 1. The largest absolute Gasteiger partial charge is 0.502 e. The molecule has 2 aromatic rings. The first-order valence-electron chi connectivity index (χ1n) is 5.79. The fourth-order valence-corrected chi connectivity index (χ4v) is 1.82. The molecule has 0 atom stereocenters. The van der Waals surface area contributed by atoms with Crippen molar-refractivity contribution in [1.29, 1.82) is 0 Å². The van der Waals surface area contributed by atoms with E-state index in [0.29, 0.717) is 6.07 Å². The van der Waals surface area contributed by atoms with Crippen molar-refractivity contribution in [2.75, 3.05) is 5.43 Å². The third-order valence-electron chi connectivity index (χ3n) is 2.60. The maximum atomic E-state index is 13.4. The van der Waals surface area contributed by atoms with Crippen LogP contribution in [0.15, 0.2) is 35.4 Å². The van der Waals surface area contributed by atoms with Crippen LogP contribution in [0.25, 0.3) is 0 Å². The van der Waals surface area contributed by atoms with Gasteiger partial charge in [-0.3, -0.25) is 15.5 Å². The first kappa shape index (κ1) is 15.6. The lowest BCUT2D eigenvalue weighted by molar-refractivity contribution is -0.385. The Bertz CT molecular complexity index is 768. The minimum atomic E-state index is -0.863. The highest BCUT2D eigenvalue weighted by atomic mass is 35.5. The van der Waals surface area contributed by atoms with Crippen molar-refractivity contribution in [3.8, 4) is 5.75 Å². The van der Waals surface area contributed by atoms with Gasteiger partial charge >= 0.3 is 5.69 Å². The summed E-state index contributed by atoms with van der Waals surface area (Å²) in [5.74, 6) is -2.23. The van der Waals surface area contributed by atoms with Gasteiger partial charge in [0.1, 0.15) is 5.82 Å². The molecule has 0 saturated heterocycles. The number of rotatable bonds is 4. The van der Waals surface area contributed by atoms with E-state index >= 15 is 0 Å². The lowest BCUT2D eigenvalue weighted by Gasteiger charge is -2.03. The van der Waals surface area contributed by atoms with Crippen LogP contribution in [0.4, 0.5) is 20.2 Å². The van der Waals surface area contributed by atoms with Gasteiger partial charge in [-0.2, -0.15) is 5.10 Å². The molecule has 0 aliphatic carbocycles. The van der Waals surface area contributed by atoms with Crippen LogP contribution in [-0.4, -0.2) is 16.2 Å². The number of nitrogens with zero attached hydrogens (tertiary/aromatic N) is 2. The first-order valence-corrected chi connectivity index (χ1v) is 6.17. The normalized spacial score (nSPS) is 10.9. The zero-order valence-electron chi connectivity index (χ0n) is 10.8. The lowest BCUT2D eigenvalue weighted by atomic mass is 10.2. The summed E-state index contributed by atoms with van der Waals surface area (Å²) in [5, 5.41) is 24.1. The van der Waals surface area contributed by atoms with Gasteiger partial charge < -0.3 is 5.11 Å².